The van der Waals surface area contributed by atoms with E-state index in [9.17, 15) is 43.7 Å². The molecule has 0 fully saturated rings. The second kappa shape index (κ2) is 8.45. The number of unbranched alkanes of at least 4 members (excludes halogenated alkanes) is 5. The number of alkyl halides is 7. The van der Waals surface area contributed by atoms with Crippen LogP contribution in [-0.4, -0.2) is 25.8 Å². The van der Waals surface area contributed by atoms with Crippen molar-refractivity contribution in [3.05, 3.63) is 0 Å². The molecule has 0 saturated heterocycles. The van der Waals surface area contributed by atoms with Crippen LogP contribution in [0.15, 0.2) is 0 Å². The Bertz CT molecular complexity index is 447. The van der Waals surface area contributed by atoms with Crippen LogP contribution in [0.4, 0.5) is 35.3 Å². The summed E-state index contributed by atoms with van der Waals surface area (Å²) in [5.74, 6) is -5.02. The van der Waals surface area contributed by atoms with E-state index in [0.29, 0.717) is 6.42 Å². The lowest BCUT2D eigenvalue weighted by Gasteiger charge is -2.23. The Hall–Kier alpha value is -0.650. The van der Waals surface area contributed by atoms with Crippen molar-refractivity contribution in [2.45, 2.75) is 68.7 Å². The molecule has 0 aliphatic carbocycles. The molecule has 0 amide bonds. The molecule has 0 spiro atoms. The molecule has 0 bridgehead atoms. The lowest BCUT2D eigenvalue weighted by molar-refractivity contribution is -0.173. The zero-order valence-electron chi connectivity index (χ0n) is 11.8. The quantitative estimate of drug-likeness (QED) is 0.369. The van der Waals surface area contributed by atoms with Crippen molar-refractivity contribution >= 4 is 10.1 Å². The predicted molar refractivity (Wildman–Crippen MR) is 64.0 cm³/mol. The zero-order valence-corrected chi connectivity index (χ0v) is 12.6. The maximum absolute atomic E-state index is 13.1. The van der Waals surface area contributed by atoms with Gasteiger partial charge in [0.05, 0.1) is 0 Å². The monoisotopic (exact) mass is 380 g/mol. The molecule has 0 radical (unpaired) electrons. The van der Waals surface area contributed by atoms with Gasteiger partial charge >= 0.3 is 27.5 Å². The summed E-state index contributed by atoms with van der Waals surface area (Å²) in [6.45, 7) is 0. The van der Waals surface area contributed by atoms with Crippen LogP contribution in [0.1, 0.15) is 51.4 Å². The molecule has 0 aromatic rings. The van der Waals surface area contributed by atoms with E-state index in [1.165, 1.54) is 0 Å². The summed E-state index contributed by atoms with van der Waals surface area (Å²) in [5, 5.41) is -5.71. The van der Waals surface area contributed by atoms with Crippen LogP contribution in [0.25, 0.3) is 0 Å². The van der Waals surface area contributed by atoms with Gasteiger partial charge < -0.3 is 0 Å². The van der Waals surface area contributed by atoms with E-state index in [1.807, 2.05) is 4.39 Å². The molecule has 0 rings (SSSR count). The van der Waals surface area contributed by atoms with Gasteiger partial charge in [-0.15, -0.1) is 0 Å². The van der Waals surface area contributed by atoms with Gasteiger partial charge in [0, 0.05) is 12.8 Å². The van der Waals surface area contributed by atoms with Crippen LogP contribution in [0.2, 0.25) is 0 Å². The summed E-state index contributed by atoms with van der Waals surface area (Å²) >= 11 is 0. The van der Waals surface area contributed by atoms with E-state index < -0.39 is 46.7 Å². The number of rotatable bonds is 11. The van der Waals surface area contributed by atoms with Gasteiger partial charge in [-0.2, -0.15) is 39.2 Å². The number of hydrogen-bond donors (Lipinski definition) is 0. The molecule has 0 aliphatic rings. The molecule has 3 nitrogen and oxygen atoms in total. The van der Waals surface area contributed by atoms with E-state index in [0.717, 1.165) is 0 Å². The van der Waals surface area contributed by atoms with Gasteiger partial charge in [-0.05, 0) is 17.4 Å². The summed E-state index contributed by atoms with van der Waals surface area (Å²) < 4.78 is 122. The minimum Gasteiger partial charge on any atom is -0.198 e. The smallest absolute Gasteiger partial charge is 0.198 e. The first-order chi connectivity index (χ1) is 10.3. The first kappa shape index (κ1) is 22.4. The fourth-order valence-corrected chi connectivity index (χ4v) is 2.29. The van der Waals surface area contributed by atoms with Crippen LogP contribution < -0.4 is 0 Å². The highest BCUT2D eigenvalue weighted by molar-refractivity contribution is 7.87. The highest BCUT2D eigenvalue weighted by Gasteiger charge is 2.66. The minimum absolute atomic E-state index is 0.00574. The summed E-state index contributed by atoms with van der Waals surface area (Å²) in [7, 11) is -6.38. The van der Waals surface area contributed by atoms with Crippen molar-refractivity contribution in [2.24, 2.45) is 0 Å². The van der Waals surface area contributed by atoms with Gasteiger partial charge in [0.25, 0.3) is 0 Å². The Labute approximate surface area is 128 Å². The summed E-state index contributed by atoms with van der Waals surface area (Å²) in [4.78, 5) is 0. The third-order valence-corrected chi connectivity index (χ3v) is 4.12. The molecule has 0 unspecified atom stereocenters. The maximum atomic E-state index is 13.1. The number of hydrogen-bond acceptors (Lipinski definition) is 3. The molecule has 0 atom stereocenters. The lowest BCUT2D eigenvalue weighted by Crippen LogP contribution is -2.47. The van der Waals surface area contributed by atoms with Crippen molar-refractivity contribution in [3.63, 3.8) is 0 Å². The molecule has 23 heavy (non-hydrogen) atoms. The fourth-order valence-electron chi connectivity index (χ4n) is 1.75. The van der Waals surface area contributed by atoms with Crippen LogP contribution in [0.3, 0.4) is 0 Å². The molecule has 0 aromatic heterocycles. The molecular formula is C11H16F8O3S. The highest BCUT2D eigenvalue weighted by atomic mass is 32.2. The molecular weight excluding hydrogens is 364 g/mol. The second-order valence-electron chi connectivity index (χ2n) is 4.97. The Balaban J connectivity index is 4.09. The average molecular weight is 380 g/mol. The Morgan fingerprint density at radius 2 is 1.09 bits per heavy atom. The first-order valence-corrected chi connectivity index (χ1v) is 8.05. The van der Waals surface area contributed by atoms with Gasteiger partial charge in [-0.25, -0.2) is 0 Å². The second-order valence-corrected chi connectivity index (χ2v) is 6.52. The fraction of sp³-hybridized carbons (Fsp3) is 1.00. The molecule has 0 saturated carbocycles. The van der Waals surface area contributed by atoms with Gasteiger partial charge in [0.15, 0.2) is 0 Å². The SMILES string of the molecule is O=S(=O)(OF)C(F)(F)C(F)(F)CCCCCCCCC(F)(F)F. The molecule has 0 N–H and O–H groups in total. The van der Waals surface area contributed by atoms with Crippen molar-refractivity contribution in [3.8, 4) is 0 Å². The predicted octanol–water partition coefficient (Wildman–Crippen LogP) is 5.13. The van der Waals surface area contributed by atoms with Crippen molar-refractivity contribution in [1.82, 2.24) is 0 Å². The van der Waals surface area contributed by atoms with E-state index >= 15 is 0 Å². The van der Waals surface area contributed by atoms with Crippen molar-refractivity contribution in [2.75, 3.05) is 0 Å². The lowest BCUT2D eigenvalue weighted by atomic mass is 10.1. The standard InChI is InChI=1S/C11H16F8O3S/c12-9(13,11(17,18)23(20,21)22-19)7-5-3-1-2-4-6-8-10(14,15)16/h1-8H2. The molecule has 0 aliphatic heterocycles. The maximum Gasteiger partial charge on any atom is 0.434 e. The topological polar surface area (TPSA) is 43.4 Å². The summed E-state index contributed by atoms with van der Waals surface area (Å²) in [5.41, 5.74) is 0. The van der Waals surface area contributed by atoms with Gasteiger partial charge in [-0.1, -0.05) is 30.1 Å². The van der Waals surface area contributed by atoms with Gasteiger partial charge in [-0.3, -0.25) is 0 Å². The van der Waals surface area contributed by atoms with Gasteiger partial charge in [0.1, 0.15) is 0 Å². The van der Waals surface area contributed by atoms with Crippen LogP contribution >= 0.6 is 0 Å². The summed E-state index contributed by atoms with van der Waals surface area (Å²) in [6, 6.07) is 0. The zero-order chi connectivity index (χ0) is 18.4. The van der Waals surface area contributed by atoms with Crippen molar-refractivity contribution < 1.29 is 48.1 Å². The van der Waals surface area contributed by atoms with Crippen LogP contribution in [-0.2, 0) is 14.5 Å². The normalized spacial score (nSPS) is 14.3. The average Bonchev–Trinajstić information content (AvgIpc) is 2.40. The molecule has 0 heterocycles. The third kappa shape index (κ3) is 7.19. The largest absolute Gasteiger partial charge is 0.434 e. The molecule has 0 aromatic carbocycles. The van der Waals surface area contributed by atoms with Crippen LogP contribution in [0, 0.1) is 0 Å². The van der Waals surface area contributed by atoms with Crippen LogP contribution in [0.5, 0.6) is 0 Å². The van der Waals surface area contributed by atoms with E-state index in [-0.39, 0.29) is 25.7 Å². The Kier molecular flexibility index (Phi) is 8.21. The third-order valence-electron chi connectivity index (χ3n) is 3.02. The first-order valence-electron chi connectivity index (χ1n) is 6.64. The van der Waals surface area contributed by atoms with Crippen molar-refractivity contribution in [1.29, 1.82) is 0 Å². The summed E-state index contributed by atoms with van der Waals surface area (Å²) in [6.07, 6.45) is -6.64. The number of halogens is 8. The van der Waals surface area contributed by atoms with E-state index in [1.54, 1.807) is 0 Å². The molecule has 12 heteroatoms. The highest BCUT2D eigenvalue weighted by Crippen LogP contribution is 2.43. The Morgan fingerprint density at radius 1 is 0.696 bits per heavy atom. The van der Waals surface area contributed by atoms with Gasteiger partial charge in [0.2, 0.25) is 0 Å². The minimum atomic E-state index is -6.38. The Morgan fingerprint density at radius 3 is 1.48 bits per heavy atom. The van der Waals surface area contributed by atoms with E-state index in [2.05, 4.69) is 0 Å². The molecule has 140 valence electrons. The van der Waals surface area contributed by atoms with E-state index in [4.69, 9.17) is 0 Å².